The monoisotopic (exact) mass is 437 g/mol. The van der Waals surface area contributed by atoms with E-state index in [1.165, 1.54) is 10.6 Å². The summed E-state index contributed by atoms with van der Waals surface area (Å²) >= 11 is 0. The summed E-state index contributed by atoms with van der Waals surface area (Å²) in [6.45, 7) is 8.56. The molecule has 0 unspecified atom stereocenters. The van der Waals surface area contributed by atoms with E-state index < -0.39 is 0 Å². The van der Waals surface area contributed by atoms with Gasteiger partial charge in [0.2, 0.25) is 5.82 Å². The number of anilines is 2. The fourth-order valence-corrected chi connectivity index (χ4v) is 3.71. The first kappa shape index (κ1) is 21.8. The number of furan rings is 1. The molecule has 8 nitrogen and oxygen atoms in total. The Morgan fingerprint density at radius 2 is 1.91 bits per heavy atom. The highest BCUT2D eigenvalue weighted by Crippen LogP contribution is 2.22. The number of hydrogen-bond acceptors (Lipinski definition) is 7. The number of halogens is 1. The van der Waals surface area contributed by atoms with E-state index in [4.69, 9.17) is 15.1 Å². The van der Waals surface area contributed by atoms with Gasteiger partial charge in [-0.15, -0.1) is 5.10 Å². The quantitative estimate of drug-likeness (QED) is 0.403. The van der Waals surface area contributed by atoms with Gasteiger partial charge in [0.1, 0.15) is 17.5 Å². The van der Waals surface area contributed by atoms with Crippen LogP contribution in [0.25, 0.3) is 17.4 Å². The fourth-order valence-electron chi connectivity index (χ4n) is 3.71. The summed E-state index contributed by atoms with van der Waals surface area (Å²) in [5, 5.41) is 4.41. The SMILES string of the molecule is CCN(CC)CCCN(Cc1cccc(F)c1)c1cc(N)n2nc(-c3ccco3)nc2n1. The third-order valence-corrected chi connectivity index (χ3v) is 5.45. The van der Waals surface area contributed by atoms with Crippen LogP contribution in [0.4, 0.5) is 16.0 Å². The van der Waals surface area contributed by atoms with Crippen LogP contribution in [0, 0.1) is 5.82 Å². The molecule has 0 saturated carbocycles. The van der Waals surface area contributed by atoms with E-state index >= 15 is 0 Å². The minimum atomic E-state index is -0.255. The maximum Gasteiger partial charge on any atom is 0.256 e. The van der Waals surface area contributed by atoms with Crippen molar-refractivity contribution in [3.63, 3.8) is 0 Å². The molecule has 3 aromatic heterocycles. The lowest BCUT2D eigenvalue weighted by atomic mass is 10.2. The Morgan fingerprint density at radius 3 is 2.62 bits per heavy atom. The van der Waals surface area contributed by atoms with Crippen LogP contribution in [-0.2, 0) is 6.54 Å². The Labute approximate surface area is 186 Å². The van der Waals surface area contributed by atoms with Crippen molar-refractivity contribution < 1.29 is 8.81 Å². The van der Waals surface area contributed by atoms with E-state index in [1.807, 2.05) is 6.07 Å². The lowest BCUT2D eigenvalue weighted by molar-refractivity contribution is 0.300. The third-order valence-electron chi connectivity index (χ3n) is 5.45. The number of nitrogen functional groups attached to an aromatic ring is 1. The molecule has 168 valence electrons. The van der Waals surface area contributed by atoms with Crippen LogP contribution >= 0.6 is 0 Å². The highest BCUT2D eigenvalue weighted by atomic mass is 19.1. The van der Waals surface area contributed by atoms with Crippen LogP contribution in [-0.4, -0.2) is 50.7 Å². The second kappa shape index (κ2) is 9.78. The average molecular weight is 438 g/mol. The topological polar surface area (TPSA) is 88.7 Å². The van der Waals surface area contributed by atoms with Gasteiger partial charge >= 0.3 is 0 Å². The van der Waals surface area contributed by atoms with Crippen molar-refractivity contribution in [2.45, 2.75) is 26.8 Å². The van der Waals surface area contributed by atoms with Crippen LogP contribution in [0.2, 0.25) is 0 Å². The lowest BCUT2D eigenvalue weighted by Crippen LogP contribution is -2.30. The highest BCUT2D eigenvalue weighted by molar-refractivity contribution is 5.57. The maximum atomic E-state index is 13.8. The number of hydrogen-bond donors (Lipinski definition) is 1. The minimum Gasteiger partial charge on any atom is -0.461 e. The predicted molar refractivity (Wildman–Crippen MR) is 123 cm³/mol. The van der Waals surface area contributed by atoms with Crippen molar-refractivity contribution in [3.05, 3.63) is 60.1 Å². The molecule has 0 fully saturated rings. The Balaban J connectivity index is 1.63. The molecule has 0 aliphatic carbocycles. The van der Waals surface area contributed by atoms with Crippen LogP contribution in [0.3, 0.4) is 0 Å². The maximum absolute atomic E-state index is 13.8. The summed E-state index contributed by atoms with van der Waals surface area (Å²) in [5.41, 5.74) is 7.16. The van der Waals surface area contributed by atoms with Gasteiger partial charge in [0, 0.05) is 19.2 Å². The minimum absolute atomic E-state index is 0.255. The van der Waals surface area contributed by atoms with Crippen LogP contribution < -0.4 is 10.6 Å². The molecule has 0 amide bonds. The largest absolute Gasteiger partial charge is 0.461 e. The summed E-state index contributed by atoms with van der Waals surface area (Å²) < 4.78 is 20.7. The predicted octanol–water partition coefficient (Wildman–Crippen LogP) is 3.84. The van der Waals surface area contributed by atoms with Gasteiger partial charge in [-0.3, -0.25) is 0 Å². The fraction of sp³-hybridized carbons (Fsp3) is 0.348. The second-order valence-corrected chi connectivity index (χ2v) is 7.60. The number of fused-ring (bicyclic) bond motifs is 1. The molecule has 0 aliphatic heterocycles. The first-order valence-electron chi connectivity index (χ1n) is 10.9. The van der Waals surface area contributed by atoms with E-state index in [1.54, 1.807) is 36.6 Å². The van der Waals surface area contributed by atoms with Crippen molar-refractivity contribution in [1.82, 2.24) is 24.5 Å². The summed E-state index contributed by atoms with van der Waals surface area (Å²) in [5.74, 6) is 2.20. The number of benzene rings is 1. The standard InChI is InChI=1S/C23H28FN7O/c1-3-29(4-2)11-7-12-30(16-17-8-5-9-18(24)14-17)21-15-20(25)31-23(26-21)27-22(28-31)19-10-6-13-32-19/h5-6,8-10,13-15H,3-4,7,11-12,16,25H2,1-2H3. The van der Waals surface area contributed by atoms with Gasteiger partial charge in [0.15, 0.2) is 5.76 Å². The van der Waals surface area contributed by atoms with Crippen molar-refractivity contribution in [2.75, 3.05) is 36.8 Å². The Hall–Kier alpha value is -3.46. The average Bonchev–Trinajstić information content (AvgIpc) is 3.46. The number of nitrogens with zero attached hydrogens (tertiary/aromatic N) is 6. The molecule has 4 aromatic rings. The normalized spacial score (nSPS) is 11.5. The first-order valence-corrected chi connectivity index (χ1v) is 10.9. The molecular weight excluding hydrogens is 409 g/mol. The van der Waals surface area contributed by atoms with Crippen LogP contribution in [0.1, 0.15) is 25.8 Å². The lowest BCUT2D eigenvalue weighted by Gasteiger charge is -2.26. The molecule has 4 rings (SSSR count). The Bertz CT molecular complexity index is 1150. The summed E-state index contributed by atoms with van der Waals surface area (Å²) in [7, 11) is 0. The first-order chi connectivity index (χ1) is 15.6. The Morgan fingerprint density at radius 1 is 1.06 bits per heavy atom. The van der Waals surface area contributed by atoms with Gasteiger partial charge in [0.05, 0.1) is 6.26 Å². The van der Waals surface area contributed by atoms with Crippen LogP contribution in [0.15, 0.2) is 53.1 Å². The van der Waals surface area contributed by atoms with E-state index in [-0.39, 0.29) is 5.82 Å². The smallest absolute Gasteiger partial charge is 0.256 e. The molecule has 0 spiro atoms. The zero-order valence-corrected chi connectivity index (χ0v) is 18.4. The molecular formula is C23H28FN7O. The van der Waals surface area contributed by atoms with Gasteiger partial charge < -0.3 is 20.0 Å². The van der Waals surface area contributed by atoms with Crippen molar-refractivity contribution in [2.24, 2.45) is 0 Å². The summed E-state index contributed by atoms with van der Waals surface area (Å²) in [6, 6.07) is 12.0. The molecule has 0 aliphatic rings. The molecule has 1 aromatic carbocycles. The van der Waals surface area contributed by atoms with Gasteiger partial charge in [0.25, 0.3) is 5.78 Å². The van der Waals surface area contributed by atoms with Crippen molar-refractivity contribution in [3.8, 4) is 11.6 Å². The van der Waals surface area contributed by atoms with Gasteiger partial charge in [-0.05, 0) is 55.9 Å². The number of nitrogens with two attached hydrogens (primary N) is 1. The van der Waals surface area contributed by atoms with Gasteiger partial charge in [-0.1, -0.05) is 26.0 Å². The molecule has 0 atom stereocenters. The van der Waals surface area contributed by atoms with Crippen molar-refractivity contribution >= 4 is 17.4 Å². The molecule has 0 bridgehead atoms. The molecule has 2 N–H and O–H groups in total. The zero-order valence-electron chi connectivity index (χ0n) is 18.4. The third kappa shape index (κ3) is 4.88. The number of aromatic nitrogens is 4. The van der Waals surface area contributed by atoms with Crippen molar-refractivity contribution in [1.29, 1.82) is 0 Å². The summed E-state index contributed by atoms with van der Waals surface area (Å²) in [4.78, 5) is 13.7. The molecule has 3 heterocycles. The van der Waals surface area contributed by atoms with Crippen LogP contribution in [0.5, 0.6) is 0 Å². The van der Waals surface area contributed by atoms with Gasteiger partial charge in [-0.2, -0.15) is 14.5 Å². The van der Waals surface area contributed by atoms with E-state index in [0.717, 1.165) is 38.2 Å². The highest BCUT2D eigenvalue weighted by Gasteiger charge is 2.17. The molecule has 0 radical (unpaired) electrons. The molecule has 32 heavy (non-hydrogen) atoms. The van der Waals surface area contributed by atoms with E-state index in [2.05, 4.69) is 33.7 Å². The second-order valence-electron chi connectivity index (χ2n) is 7.60. The zero-order chi connectivity index (χ0) is 22.5. The van der Waals surface area contributed by atoms with E-state index in [0.29, 0.717) is 35.5 Å². The number of rotatable bonds is 10. The van der Waals surface area contributed by atoms with E-state index in [9.17, 15) is 4.39 Å². The summed E-state index contributed by atoms with van der Waals surface area (Å²) in [6.07, 6.45) is 2.51. The molecule has 0 saturated heterocycles. The Kier molecular flexibility index (Phi) is 6.65. The van der Waals surface area contributed by atoms with Gasteiger partial charge in [-0.25, -0.2) is 4.39 Å². The molecule has 9 heteroatoms.